The highest BCUT2D eigenvalue weighted by atomic mass is 16.3. The molecule has 4 heteroatoms. The van der Waals surface area contributed by atoms with E-state index in [2.05, 4.69) is 16.9 Å². The van der Waals surface area contributed by atoms with Gasteiger partial charge in [0.2, 0.25) is 11.8 Å². The second-order valence-corrected chi connectivity index (χ2v) is 6.49. The fraction of sp³-hybridized carbons (Fsp3) is 0.474. The Morgan fingerprint density at radius 1 is 1.00 bits per heavy atom. The Labute approximate surface area is 138 Å². The molecule has 1 atom stereocenters. The average Bonchev–Trinajstić information content (AvgIpc) is 2.54. The third-order valence-corrected chi connectivity index (χ3v) is 4.50. The smallest absolute Gasteiger partial charge is 0.221 e. The van der Waals surface area contributed by atoms with Crippen molar-refractivity contribution in [3.8, 4) is 11.8 Å². The number of hydrogen-bond acceptors (Lipinski definition) is 4. The minimum Gasteiger partial charge on any atom is -0.493 e. The van der Waals surface area contributed by atoms with E-state index in [0.29, 0.717) is 11.4 Å². The molecule has 0 radical (unpaired) electrons. The van der Waals surface area contributed by atoms with Gasteiger partial charge in [0.1, 0.15) is 5.82 Å². The number of aromatic hydroxyl groups is 2. The molecule has 2 N–H and O–H groups in total. The second-order valence-electron chi connectivity index (χ2n) is 6.49. The zero-order valence-electron chi connectivity index (χ0n) is 14.4. The molecule has 2 rings (SSSR count). The molecule has 1 unspecified atom stereocenters. The van der Waals surface area contributed by atoms with Gasteiger partial charge in [0.25, 0.3) is 0 Å². The fourth-order valence-corrected chi connectivity index (χ4v) is 2.98. The van der Waals surface area contributed by atoms with E-state index in [1.807, 2.05) is 51.1 Å². The van der Waals surface area contributed by atoms with Crippen LogP contribution in [-0.2, 0) is 5.41 Å². The van der Waals surface area contributed by atoms with Crippen LogP contribution < -0.4 is 0 Å². The highest BCUT2D eigenvalue weighted by Gasteiger charge is 2.30. The molecule has 0 bridgehead atoms. The first kappa shape index (κ1) is 17.3. The molecule has 0 aliphatic rings. The van der Waals surface area contributed by atoms with E-state index in [1.165, 1.54) is 0 Å². The predicted molar refractivity (Wildman–Crippen MR) is 91.9 cm³/mol. The van der Waals surface area contributed by atoms with Gasteiger partial charge < -0.3 is 10.2 Å². The molecule has 4 nitrogen and oxygen atoms in total. The quantitative estimate of drug-likeness (QED) is 0.823. The highest BCUT2D eigenvalue weighted by Crippen LogP contribution is 2.39. The van der Waals surface area contributed by atoms with Gasteiger partial charge in [-0.2, -0.15) is 9.97 Å². The number of aromatic nitrogens is 2. The lowest BCUT2D eigenvalue weighted by atomic mass is 9.83. The van der Waals surface area contributed by atoms with E-state index in [1.54, 1.807) is 0 Å². The summed E-state index contributed by atoms with van der Waals surface area (Å²) in [5, 5.41) is 20.8. The molecule has 0 spiro atoms. The van der Waals surface area contributed by atoms with Crippen molar-refractivity contribution in [3.05, 3.63) is 47.3 Å². The summed E-state index contributed by atoms with van der Waals surface area (Å²) in [6, 6.07) is 9.86. The maximum absolute atomic E-state index is 10.4. The van der Waals surface area contributed by atoms with Gasteiger partial charge in [-0.15, -0.1) is 0 Å². The summed E-state index contributed by atoms with van der Waals surface area (Å²) >= 11 is 0. The van der Waals surface area contributed by atoms with Gasteiger partial charge in [0.15, 0.2) is 0 Å². The molecule has 0 aliphatic carbocycles. The van der Waals surface area contributed by atoms with Gasteiger partial charge in [-0.25, -0.2) is 0 Å². The lowest BCUT2D eigenvalue weighted by molar-refractivity contribution is 0.381. The number of benzene rings is 1. The standard InChI is InChI=1S/C19H26N2O2/c1-5-10-13(6-2)15-16(22)20-18(21-17(15)23)19(3,4)14-11-8-7-9-12-14/h7-9,11-13H,5-6,10H2,1-4H3,(H2,20,21,22,23). The fourth-order valence-electron chi connectivity index (χ4n) is 2.98. The van der Waals surface area contributed by atoms with Crippen molar-refractivity contribution in [2.24, 2.45) is 0 Å². The summed E-state index contributed by atoms with van der Waals surface area (Å²) in [6.07, 6.45) is 2.71. The van der Waals surface area contributed by atoms with E-state index in [-0.39, 0.29) is 17.7 Å². The summed E-state index contributed by atoms with van der Waals surface area (Å²) < 4.78 is 0. The summed E-state index contributed by atoms with van der Waals surface area (Å²) in [6.45, 7) is 8.10. The van der Waals surface area contributed by atoms with Gasteiger partial charge >= 0.3 is 0 Å². The minimum atomic E-state index is -0.499. The van der Waals surface area contributed by atoms with Crippen LogP contribution in [0.5, 0.6) is 11.8 Å². The van der Waals surface area contributed by atoms with Gasteiger partial charge in [-0.3, -0.25) is 0 Å². The Hall–Kier alpha value is -2.10. The van der Waals surface area contributed by atoms with E-state index < -0.39 is 5.41 Å². The minimum absolute atomic E-state index is 0.0777. The predicted octanol–water partition coefficient (Wildman–Crippen LogP) is 4.51. The van der Waals surface area contributed by atoms with Crippen molar-refractivity contribution in [1.82, 2.24) is 9.97 Å². The molecule has 0 saturated heterocycles. The maximum Gasteiger partial charge on any atom is 0.221 e. The maximum atomic E-state index is 10.4. The largest absolute Gasteiger partial charge is 0.493 e. The zero-order chi connectivity index (χ0) is 17.0. The second kappa shape index (κ2) is 6.99. The summed E-state index contributed by atoms with van der Waals surface area (Å²) in [5.41, 5.74) is 1.01. The first-order chi connectivity index (χ1) is 10.9. The normalized spacial score (nSPS) is 13.0. The molecule has 0 amide bonds. The van der Waals surface area contributed by atoms with Crippen molar-refractivity contribution < 1.29 is 10.2 Å². The molecule has 1 aromatic carbocycles. The van der Waals surface area contributed by atoms with Crippen LogP contribution in [0.1, 0.15) is 69.8 Å². The van der Waals surface area contributed by atoms with Crippen LogP contribution in [0.4, 0.5) is 0 Å². The first-order valence-electron chi connectivity index (χ1n) is 8.27. The number of nitrogens with zero attached hydrogens (tertiary/aromatic N) is 2. The molecular weight excluding hydrogens is 288 g/mol. The summed E-state index contributed by atoms with van der Waals surface area (Å²) in [7, 11) is 0. The molecule has 2 aromatic rings. The summed E-state index contributed by atoms with van der Waals surface area (Å²) in [4.78, 5) is 8.64. The van der Waals surface area contributed by atoms with Crippen LogP contribution in [-0.4, -0.2) is 20.2 Å². The molecule has 1 heterocycles. The van der Waals surface area contributed by atoms with Crippen LogP contribution in [0.25, 0.3) is 0 Å². The third kappa shape index (κ3) is 3.46. The molecule has 124 valence electrons. The number of rotatable bonds is 6. The van der Waals surface area contributed by atoms with Crippen LogP contribution >= 0.6 is 0 Å². The van der Waals surface area contributed by atoms with Crippen molar-refractivity contribution in [3.63, 3.8) is 0 Å². The first-order valence-corrected chi connectivity index (χ1v) is 8.27. The highest BCUT2D eigenvalue weighted by molar-refractivity contribution is 5.40. The van der Waals surface area contributed by atoms with Gasteiger partial charge in [-0.1, -0.05) is 50.6 Å². The van der Waals surface area contributed by atoms with Crippen molar-refractivity contribution >= 4 is 0 Å². The molecule has 0 saturated carbocycles. The monoisotopic (exact) mass is 314 g/mol. The van der Waals surface area contributed by atoms with E-state index in [9.17, 15) is 10.2 Å². The van der Waals surface area contributed by atoms with Crippen molar-refractivity contribution in [2.45, 2.75) is 58.3 Å². The van der Waals surface area contributed by atoms with Crippen LogP contribution in [0.2, 0.25) is 0 Å². The molecule has 23 heavy (non-hydrogen) atoms. The van der Waals surface area contributed by atoms with Crippen molar-refractivity contribution in [2.75, 3.05) is 0 Å². The molecule has 0 fully saturated rings. The van der Waals surface area contributed by atoms with E-state index in [0.717, 1.165) is 24.8 Å². The SMILES string of the molecule is CCCC(CC)c1c(O)nc(C(C)(C)c2ccccc2)nc1O. The molecular formula is C19H26N2O2. The van der Waals surface area contributed by atoms with Gasteiger partial charge in [0, 0.05) is 5.41 Å². The van der Waals surface area contributed by atoms with Crippen LogP contribution in [0.3, 0.4) is 0 Å². The van der Waals surface area contributed by atoms with Crippen LogP contribution in [0, 0.1) is 0 Å². The Morgan fingerprint density at radius 2 is 1.57 bits per heavy atom. The molecule has 1 aromatic heterocycles. The molecule has 0 aliphatic heterocycles. The van der Waals surface area contributed by atoms with Crippen molar-refractivity contribution in [1.29, 1.82) is 0 Å². The Balaban J connectivity index is 2.47. The van der Waals surface area contributed by atoms with E-state index in [4.69, 9.17) is 0 Å². The Bertz CT molecular complexity index is 631. The van der Waals surface area contributed by atoms with Gasteiger partial charge in [-0.05, 0) is 38.2 Å². The lowest BCUT2D eigenvalue weighted by Gasteiger charge is -2.25. The Kier molecular flexibility index (Phi) is 5.24. The average molecular weight is 314 g/mol. The Morgan fingerprint density at radius 3 is 2.04 bits per heavy atom. The van der Waals surface area contributed by atoms with E-state index >= 15 is 0 Å². The van der Waals surface area contributed by atoms with Gasteiger partial charge in [0.05, 0.1) is 5.56 Å². The third-order valence-electron chi connectivity index (χ3n) is 4.50. The number of hydrogen-bond donors (Lipinski definition) is 2. The lowest BCUT2D eigenvalue weighted by Crippen LogP contribution is -2.23. The van der Waals surface area contributed by atoms with Crippen LogP contribution in [0.15, 0.2) is 30.3 Å². The topological polar surface area (TPSA) is 66.2 Å². The summed E-state index contributed by atoms with van der Waals surface area (Å²) in [5.74, 6) is 0.302. The zero-order valence-corrected chi connectivity index (χ0v) is 14.4.